The number of rotatable bonds is 7. The molecule has 31 heavy (non-hydrogen) atoms. The van der Waals surface area contributed by atoms with Gasteiger partial charge in [-0.2, -0.15) is 0 Å². The predicted molar refractivity (Wildman–Crippen MR) is 116 cm³/mol. The lowest BCUT2D eigenvalue weighted by molar-refractivity contribution is -0.146. The number of nitrogens with zero attached hydrogens (tertiary/aromatic N) is 4. The van der Waals surface area contributed by atoms with Crippen LogP contribution in [0, 0.1) is 23.2 Å². The van der Waals surface area contributed by atoms with E-state index in [0.29, 0.717) is 30.9 Å². The summed E-state index contributed by atoms with van der Waals surface area (Å²) in [4.78, 5) is 25.4. The second-order valence-electron chi connectivity index (χ2n) is 9.81. The summed E-state index contributed by atoms with van der Waals surface area (Å²) >= 11 is 0. The fraction of sp³-hybridized carbons (Fsp3) is 0.609. The molecule has 4 aliphatic rings. The lowest BCUT2D eigenvalue weighted by Gasteiger charge is -2.55. The van der Waals surface area contributed by atoms with Crippen LogP contribution >= 0.6 is 0 Å². The van der Waals surface area contributed by atoms with Crippen LogP contribution in [0.1, 0.15) is 51.4 Å². The molecule has 1 aromatic heterocycles. The maximum atomic E-state index is 13.0. The SMILES string of the molecule is Cn1nnnc1-c1cccc(NC(=O)CCCNC(=O)C23CC4CC(CC(C4)C2)C3)c1. The van der Waals surface area contributed by atoms with E-state index in [1.165, 1.54) is 19.3 Å². The molecule has 0 spiro atoms. The van der Waals surface area contributed by atoms with Gasteiger partial charge >= 0.3 is 0 Å². The summed E-state index contributed by atoms with van der Waals surface area (Å²) in [7, 11) is 1.78. The summed E-state index contributed by atoms with van der Waals surface area (Å²) in [5.74, 6) is 3.10. The Balaban J connectivity index is 1.09. The van der Waals surface area contributed by atoms with E-state index < -0.39 is 0 Å². The van der Waals surface area contributed by atoms with Crippen molar-refractivity contribution in [3.05, 3.63) is 24.3 Å². The molecule has 6 rings (SSSR count). The van der Waals surface area contributed by atoms with Gasteiger partial charge in [-0.15, -0.1) is 5.10 Å². The zero-order valence-electron chi connectivity index (χ0n) is 18.0. The van der Waals surface area contributed by atoms with Crippen molar-refractivity contribution in [2.24, 2.45) is 30.2 Å². The molecule has 8 heteroatoms. The fourth-order valence-electron chi connectivity index (χ4n) is 6.46. The molecular weight excluding hydrogens is 392 g/mol. The van der Waals surface area contributed by atoms with E-state index in [2.05, 4.69) is 26.2 Å². The standard InChI is InChI=1S/C23H30N6O2/c1-29-21(26-27-28-29)18-4-2-5-19(11-18)25-20(30)6-3-7-24-22(31)23-12-15-8-16(13-23)10-17(9-15)14-23/h2,4-5,11,15-17H,3,6-10,12-14H2,1H3,(H,24,31)(H,25,30). The maximum Gasteiger partial charge on any atom is 0.226 e. The van der Waals surface area contributed by atoms with Crippen LogP contribution in [-0.4, -0.2) is 38.6 Å². The number of carbonyl (C=O) groups is 2. The van der Waals surface area contributed by atoms with E-state index in [1.54, 1.807) is 11.7 Å². The van der Waals surface area contributed by atoms with Gasteiger partial charge in [-0.1, -0.05) is 12.1 Å². The Morgan fingerprint density at radius 2 is 1.84 bits per heavy atom. The highest BCUT2D eigenvalue weighted by Crippen LogP contribution is 2.60. The molecule has 0 radical (unpaired) electrons. The highest BCUT2D eigenvalue weighted by molar-refractivity contribution is 5.91. The Bertz CT molecular complexity index is 949. The van der Waals surface area contributed by atoms with Crippen LogP contribution in [0.15, 0.2) is 24.3 Å². The molecule has 4 bridgehead atoms. The van der Waals surface area contributed by atoms with Crippen molar-refractivity contribution >= 4 is 17.5 Å². The van der Waals surface area contributed by atoms with E-state index >= 15 is 0 Å². The van der Waals surface area contributed by atoms with Crippen molar-refractivity contribution in [2.75, 3.05) is 11.9 Å². The molecule has 4 aliphatic carbocycles. The zero-order valence-corrected chi connectivity index (χ0v) is 18.0. The van der Waals surface area contributed by atoms with Crippen molar-refractivity contribution in [3.63, 3.8) is 0 Å². The molecule has 0 atom stereocenters. The average Bonchev–Trinajstić information content (AvgIpc) is 3.16. The van der Waals surface area contributed by atoms with E-state index in [9.17, 15) is 9.59 Å². The summed E-state index contributed by atoms with van der Waals surface area (Å²) in [6, 6.07) is 7.48. The number of tetrazole rings is 1. The number of nitrogens with one attached hydrogen (secondary N) is 2. The lowest BCUT2D eigenvalue weighted by atomic mass is 9.49. The van der Waals surface area contributed by atoms with E-state index in [0.717, 1.165) is 42.6 Å². The van der Waals surface area contributed by atoms with Gasteiger partial charge in [0.25, 0.3) is 0 Å². The number of amides is 2. The fourth-order valence-corrected chi connectivity index (χ4v) is 6.46. The van der Waals surface area contributed by atoms with Gasteiger partial charge in [-0.25, -0.2) is 4.68 Å². The van der Waals surface area contributed by atoms with Gasteiger partial charge in [0.2, 0.25) is 11.8 Å². The Morgan fingerprint density at radius 3 is 2.48 bits per heavy atom. The van der Waals surface area contributed by atoms with Gasteiger partial charge in [0.15, 0.2) is 5.82 Å². The molecule has 2 amide bonds. The topological polar surface area (TPSA) is 102 Å². The maximum absolute atomic E-state index is 13.0. The molecule has 1 heterocycles. The molecular formula is C23H30N6O2. The first kappa shape index (κ1) is 20.2. The first-order valence-electron chi connectivity index (χ1n) is 11.4. The number of aryl methyl sites for hydroxylation is 1. The molecule has 164 valence electrons. The second-order valence-corrected chi connectivity index (χ2v) is 9.81. The van der Waals surface area contributed by atoms with E-state index in [4.69, 9.17) is 0 Å². The summed E-state index contributed by atoms with van der Waals surface area (Å²) in [5.41, 5.74) is 1.43. The third kappa shape index (κ3) is 4.07. The quantitative estimate of drug-likeness (QED) is 0.668. The Hall–Kier alpha value is -2.77. The van der Waals surface area contributed by atoms with Gasteiger partial charge in [-0.05, 0) is 85.3 Å². The van der Waals surface area contributed by atoms with E-state index in [-0.39, 0.29) is 17.2 Å². The smallest absolute Gasteiger partial charge is 0.226 e. The zero-order chi connectivity index (χ0) is 21.4. The first-order chi connectivity index (χ1) is 15.0. The third-order valence-corrected chi connectivity index (χ3v) is 7.41. The Kier molecular flexibility index (Phi) is 5.24. The number of hydrogen-bond donors (Lipinski definition) is 2. The summed E-state index contributed by atoms with van der Waals surface area (Å²) in [5, 5.41) is 17.6. The number of carbonyl (C=O) groups excluding carboxylic acids is 2. The molecule has 0 aliphatic heterocycles. The monoisotopic (exact) mass is 422 g/mol. The van der Waals surface area contributed by atoms with Crippen LogP contribution in [0.3, 0.4) is 0 Å². The molecule has 2 aromatic rings. The van der Waals surface area contributed by atoms with Crippen LogP contribution in [0.2, 0.25) is 0 Å². The van der Waals surface area contributed by atoms with Crippen molar-refractivity contribution in [1.29, 1.82) is 0 Å². The molecule has 4 saturated carbocycles. The summed E-state index contributed by atoms with van der Waals surface area (Å²) < 4.78 is 1.59. The van der Waals surface area contributed by atoms with Gasteiger partial charge in [0, 0.05) is 36.7 Å². The number of benzene rings is 1. The Morgan fingerprint density at radius 1 is 1.13 bits per heavy atom. The van der Waals surface area contributed by atoms with Crippen molar-refractivity contribution in [3.8, 4) is 11.4 Å². The molecule has 0 saturated heterocycles. The van der Waals surface area contributed by atoms with Crippen LogP contribution in [0.25, 0.3) is 11.4 Å². The number of aromatic nitrogens is 4. The van der Waals surface area contributed by atoms with Crippen molar-refractivity contribution in [2.45, 2.75) is 51.4 Å². The van der Waals surface area contributed by atoms with Gasteiger partial charge < -0.3 is 10.6 Å². The van der Waals surface area contributed by atoms with Gasteiger partial charge in [-0.3, -0.25) is 9.59 Å². The average molecular weight is 423 g/mol. The largest absolute Gasteiger partial charge is 0.356 e. The lowest BCUT2D eigenvalue weighted by Crippen LogP contribution is -2.53. The highest BCUT2D eigenvalue weighted by atomic mass is 16.2. The summed E-state index contributed by atoms with van der Waals surface area (Å²) in [6.45, 7) is 0.554. The van der Waals surface area contributed by atoms with Crippen molar-refractivity contribution < 1.29 is 9.59 Å². The number of hydrogen-bond acceptors (Lipinski definition) is 5. The van der Waals surface area contributed by atoms with Crippen LogP contribution < -0.4 is 10.6 Å². The molecule has 8 nitrogen and oxygen atoms in total. The van der Waals surface area contributed by atoms with Crippen LogP contribution in [0.4, 0.5) is 5.69 Å². The normalized spacial score (nSPS) is 28.5. The van der Waals surface area contributed by atoms with Crippen molar-refractivity contribution in [1.82, 2.24) is 25.5 Å². The minimum atomic E-state index is -0.119. The number of anilines is 1. The van der Waals surface area contributed by atoms with E-state index in [1.807, 2.05) is 24.3 Å². The van der Waals surface area contributed by atoms with Gasteiger partial charge in [0.05, 0.1) is 0 Å². The molecule has 0 unspecified atom stereocenters. The molecule has 1 aromatic carbocycles. The summed E-state index contributed by atoms with van der Waals surface area (Å²) in [6.07, 6.45) is 8.23. The van der Waals surface area contributed by atoms with Crippen LogP contribution in [-0.2, 0) is 16.6 Å². The third-order valence-electron chi connectivity index (χ3n) is 7.41. The predicted octanol–water partition coefficient (Wildman–Crippen LogP) is 2.93. The Labute approximate surface area is 182 Å². The van der Waals surface area contributed by atoms with Crippen LogP contribution in [0.5, 0.6) is 0 Å². The van der Waals surface area contributed by atoms with Gasteiger partial charge in [0.1, 0.15) is 0 Å². The molecule has 4 fully saturated rings. The minimum Gasteiger partial charge on any atom is -0.356 e. The molecule has 2 N–H and O–H groups in total. The first-order valence-corrected chi connectivity index (χ1v) is 11.4. The second kappa shape index (κ2) is 8.05. The highest BCUT2D eigenvalue weighted by Gasteiger charge is 2.54. The minimum absolute atomic E-state index is 0.0581.